The molecule has 5 fully saturated rings. The molecule has 11 N–H and O–H groups in total. The van der Waals surface area contributed by atoms with E-state index in [0.717, 1.165) is 101 Å². The summed E-state index contributed by atoms with van der Waals surface area (Å²) in [5, 5.41) is 44.0. The lowest BCUT2D eigenvalue weighted by Gasteiger charge is -2.17. The lowest BCUT2D eigenvalue weighted by molar-refractivity contribution is -0.122. The zero-order valence-electron chi connectivity index (χ0n) is 46.1. The Kier molecular flexibility index (Phi) is 25.3. The number of anilines is 2. The first-order valence-corrected chi connectivity index (χ1v) is 31.1. The second-order valence-corrected chi connectivity index (χ2v) is 24.1. The van der Waals surface area contributed by atoms with Gasteiger partial charge in [0.05, 0.1) is 50.6 Å². The molecule has 6 amide bonds. The molecule has 1 aromatic rings. The summed E-state index contributed by atoms with van der Waals surface area (Å²) in [6.07, 6.45) is 14.5. The minimum absolute atomic E-state index is 0.0231. The van der Waals surface area contributed by atoms with Crippen molar-refractivity contribution in [2.75, 3.05) is 81.8 Å². The zero-order chi connectivity index (χ0) is 55.8. The van der Waals surface area contributed by atoms with E-state index in [2.05, 4.69) is 59.7 Å². The van der Waals surface area contributed by atoms with E-state index in [9.17, 15) is 28.8 Å². The standard InChI is InChI=1S/C56H86N12O9S2/c1-68(56(74)77-52-40-16-6-2-3-7-17-41(40)52)27-29-76-31-30-75-28-26-61-53(73)37-32-38(62-48(71)22-8-4-14-24-59-46(69)20-12-10-18-44-50-42(35-78-44)64-54(57)66-50)34-39(33-37)63-49(72)23-9-5-15-25-60-47(70)21-13-11-19-45-51-43(36-79-45)65-55(58)67-51/h32-34,40-45,50-52H,4-31,35-36H2,1H3,(H,59,69)(H,60,70)(H,61,73)(H,62,71)(H,63,72)(H3,57,64,66)(H3,58,65,67)/t40-,41+,42-,43-,44-,45-,50-,51-,52?/m0/s1. The van der Waals surface area contributed by atoms with Gasteiger partial charge in [-0.25, -0.2) is 4.79 Å². The van der Waals surface area contributed by atoms with E-state index >= 15 is 0 Å². The number of unbranched alkanes of at least 4 members (excludes halogenated alkanes) is 6. The van der Waals surface area contributed by atoms with Crippen LogP contribution in [0.4, 0.5) is 16.2 Å². The van der Waals surface area contributed by atoms with Gasteiger partial charge in [-0.05, 0) is 82.4 Å². The Labute approximate surface area is 474 Å². The van der Waals surface area contributed by atoms with Crippen molar-refractivity contribution in [2.45, 2.75) is 169 Å². The van der Waals surface area contributed by atoms with E-state index in [1.807, 2.05) is 23.5 Å². The van der Waals surface area contributed by atoms with Crippen LogP contribution in [-0.2, 0) is 33.4 Å². The molecule has 4 heterocycles. The molecule has 23 heteroatoms. The third-order valence-corrected chi connectivity index (χ3v) is 18.4. The predicted molar refractivity (Wildman–Crippen MR) is 309 cm³/mol. The summed E-state index contributed by atoms with van der Waals surface area (Å²) in [5.41, 5.74) is 0.983. The average Bonchev–Trinajstić information content (AvgIpc) is 3.90. The fraction of sp³-hybridized carbons (Fsp3) is 0.714. The number of nitrogens with zero attached hydrogens (tertiary/aromatic N) is 1. The van der Waals surface area contributed by atoms with Gasteiger partial charge in [-0.2, -0.15) is 23.5 Å². The van der Waals surface area contributed by atoms with E-state index in [-0.39, 0.29) is 74.0 Å². The van der Waals surface area contributed by atoms with Crippen LogP contribution < -0.4 is 47.9 Å². The van der Waals surface area contributed by atoms with Gasteiger partial charge in [0, 0.05) is 123 Å². The Morgan fingerprint density at radius 2 is 1.09 bits per heavy atom. The number of rotatable bonds is 35. The van der Waals surface area contributed by atoms with Crippen molar-refractivity contribution >= 4 is 82.4 Å². The highest BCUT2D eigenvalue weighted by Crippen LogP contribution is 2.48. The smallest absolute Gasteiger partial charge is 0.409 e. The molecule has 1 aromatic carbocycles. The molecule has 4 saturated heterocycles. The van der Waals surface area contributed by atoms with Crippen LogP contribution in [0.1, 0.15) is 139 Å². The quantitative estimate of drug-likeness (QED) is 0.0314. The predicted octanol–water partition coefficient (Wildman–Crippen LogP) is 5.02. The average molecular weight is 1140 g/mol. The van der Waals surface area contributed by atoms with Gasteiger partial charge in [0.15, 0.2) is 11.9 Å². The Hall–Kier alpha value is -5.44. The van der Waals surface area contributed by atoms with Gasteiger partial charge in [0.2, 0.25) is 23.6 Å². The number of likely N-dealkylation sites (N-methyl/N-ethyl adjacent to an activating group) is 1. The number of hydrogen-bond donors (Lipinski definition) is 11. The third kappa shape index (κ3) is 20.9. The molecular formula is C56H86N12O9S2. The molecule has 4 aliphatic heterocycles. The molecule has 0 radical (unpaired) electrons. The third-order valence-electron chi connectivity index (χ3n) is 15.4. The van der Waals surface area contributed by atoms with Crippen LogP contribution in [0.25, 0.3) is 0 Å². The molecule has 21 nitrogen and oxygen atoms in total. The maximum atomic E-state index is 13.4. The van der Waals surface area contributed by atoms with Crippen LogP contribution in [0.5, 0.6) is 0 Å². The number of fused-ring (bicyclic) bond motifs is 3. The Bertz CT molecular complexity index is 2180. The van der Waals surface area contributed by atoms with Gasteiger partial charge in [0.1, 0.15) is 6.10 Å². The summed E-state index contributed by atoms with van der Waals surface area (Å²) in [6, 6.07) is 6.01. The van der Waals surface area contributed by atoms with Gasteiger partial charge in [-0.3, -0.25) is 34.8 Å². The van der Waals surface area contributed by atoms with Crippen LogP contribution in [0.2, 0.25) is 0 Å². The maximum absolute atomic E-state index is 13.4. The van der Waals surface area contributed by atoms with E-state index in [1.165, 1.54) is 4.90 Å². The van der Waals surface area contributed by atoms with E-state index in [1.54, 1.807) is 25.2 Å². The van der Waals surface area contributed by atoms with Crippen LogP contribution >= 0.6 is 23.5 Å². The normalized spacial score (nSPS) is 24.0. The van der Waals surface area contributed by atoms with Crippen LogP contribution in [0, 0.1) is 34.5 Å². The molecule has 1 unspecified atom stereocenters. The molecule has 0 aromatic heterocycles. The molecule has 9 atom stereocenters. The number of thioether (sulfide) groups is 2. The summed E-state index contributed by atoms with van der Waals surface area (Å²) < 4.78 is 17.1. The lowest BCUT2D eigenvalue weighted by Crippen LogP contribution is -2.36. The molecule has 7 rings (SSSR count). The van der Waals surface area contributed by atoms with Gasteiger partial charge in [-0.15, -0.1) is 11.8 Å². The van der Waals surface area contributed by atoms with E-state index in [4.69, 9.17) is 25.0 Å². The van der Waals surface area contributed by atoms with Crippen molar-refractivity contribution < 1.29 is 43.0 Å². The topological polar surface area (TPSA) is 289 Å². The fourth-order valence-corrected chi connectivity index (χ4v) is 14.0. The van der Waals surface area contributed by atoms with Gasteiger partial charge in [0.25, 0.3) is 5.91 Å². The molecule has 79 heavy (non-hydrogen) atoms. The first-order chi connectivity index (χ1) is 38.4. The zero-order valence-corrected chi connectivity index (χ0v) is 47.7. The van der Waals surface area contributed by atoms with Crippen molar-refractivity contribution in [3.63, 3.8) is 0 Å². The number of carbonyl (C=O) groups excluding carboxylic acids is 6. The summed E-state index contributed by atoms with van der Waals surface area (Å²) in [5.74, 6) is 9.18. The number of nitrogens with one attached hydrogen (secondary N) is 11. The second kappa shape index (κ2) is 32.7. The van der Waals surface area contributed by atoms with Crippen molar-refractivity contribution in [1.29, 1.82) is 10.8 Å². The van der Waals surface area contributed by atoms with Crippen LogP contribution in [0.15, 0.2) is 18.2 Å². The van der Waals surface area contributed by atoms with Crippen molar-refractivity contribution in [2.24, 2.45) is 11.8 Å². The second-order valence-electron chi connectivity index (χ2n) is 21.6. The molecule has 6 aliphatic rings. The number of carbonyl (C=O) groups is 6. The minimum atomic E-state index is -0.408. The largest absolute Gasteiger partial charge is 0.445 e. The molecule has 1 saturated carbocycles. The number of benzene rings is 1. The number of hydrogen-bond acceptors (Lipinski definition) is 13. The van der Waals surface area contributed by atoms with Crippen molar-refractivity contribution in [3.8, 4) is 11.8 Å². The first-order valence-electron chi connectivity index (χ1n) is 29.0. The highest BCUT2D eigenvalue weighted by atomic mass is 32.2. The SMILES string of the molecule is CN(CCOCCOCCNC(=O)c1cc(NC(=O)CCCCCNC(=O)CCCC[C@@H]2SC[C@@H]3NC(=N)N[C@@H]32)cc(NC(=O)CCCCCNC(=O)CCCC[C@@H]2SC[C@@H]3NC(=N)N[C@@H]32)c1)C(=O)OC1[C@H]2CCC#CCC[C@@H]12. The summed E-state index contributed by atoms with van der Waals surface area (Å²) in [6.45, 7) is 2.80. The number of amides is 6. The molecule has 2 aliphatic carbocycles. The Morgan fingerprint density at radius 1 is 0.595 bits per heavy atom. The fourth-order valence-electron chi connectivity index (χ4n) is 10.9. The maximum Gasteiger partial charge on any atom is 0.409 e. The van der Waals surface area contributed by atoms with E-state index in [0.29, 0.717) is 128 Å². The first kappa shape index (κ1) is 61.2. The molecule has 0 bridgehead atoms. The Balaban J connectivity index is 0.758. The van der Waals surface area contributed by atoms with Gasteiger partial charge in [-0.1, -0.05) is 25.7 Å². The van der Waals surface area contributed by atoms with Gasteiger partial charge < -0.3 is 67.0 Å². The number of guanidine groups is 2. The summed E-state index contributed by atoms with van der Waals surface area (Å²) in [7, 11) is 1.70. The molecule has 0 spiro atoms. The van der Waals surface area contributed by atoms with Crippen molar-refractivity contribution in [3.05, 3.63) is 23.8 Å². The molecule has 436 valence electrons. The van der Waals surface area contributed by atoms with E-state index < -0.39 is 5.91 Å². The lowest BCUT2D eigenvalue weighted by atomic mass is 10.0. The van der Waals surface area contributed by atoms with Crippen LogP contribution in [0.3, 0.4) is 0 Å². The van der Waals surface area contributed by atoms with Gasteiger partial charge >= 0.3 is 6.09 Å². The molecular weight excluding hydrogens is 1050 g/mol. The number of ether oxygens (including phenoxy) is 3. The van der Waals surface area contributed by atoms with Crippen molar-refractivity contribution in [1.82, 2.24) is 42.1 Å². The summed E-state index contributed by atoms with van der Waals surface area (Å²) in [4.78, 5) is 78.8. The minimum Gasteiger partial charge on any atom is -0.445 e. The highest BCUT2D eigenvalue weighted by molar-refractivity contribution is 8.00. The summed E-state index contributed by atoms with van der Waals surface area (Å²) >= 11 is 3.86. The Morgan fingerprint density at radius 3 is 1.62 bits per heavy atom. The van der Waals surface area contributed by atoms with Crippen LogP contribution in [-0.4, -0.2) is 164 Å². The highest BCUT2D eigenvalue weighted by Gasteiger charge is 2.52. The monoisotopic (exact) mass is 1130 g/mol.